The van der Waals surface area contributed by atoms with Crippen LogP contribution in [0.3, 0.4) is 0 Å². The van der Waals surface area contributed by atoms with Crippen molar-refractivity contribution in [1.82, 2.24) is 4.90 Å². The van der Waals surface area contributed by atoms with Gasteiger partial charge in [0, 0.05) is 31.0 Å². The second-order valence-electron chi connectivity index (χ2n) is 7.19. The lowest BCUT2D eigenvalue weighted by atomic mass is 9.85. The molecule has 0 aromatic heterocycles. The highest BCUT2D eigenvalue weighted by molar-refractivity contribution is 8.14. The minimum atomic E-state index is -3.45. The molecule has 0 radical (unpaired) electrons. The summed E-state index contributed by atoms with van der Waals surface area (Å²) < 4.78 is 35.9. The summed E-state index contributed by atoms with van der Waals surface area (Å²) in [4.78, 5) is 17.8. The Morgan fingerprint density at radius 3 is 2.79 bits per heavy atom. The molecule has 1 fully saturated rings. The van der Waals surface area contributed by atoms with Gasteiger partial charge in [-0.3, -0.25) is 4.79 Å². The molecule has 0 spiro atoms. The van der Waals surface area contributed by atoms with Crippen LogP contribution < -0.4 is 4.74 Å². The van der Waals surface area contributed by atoms with Crippen LogP contribution in [0.4, 0.5) is 0 Å². The van der Waals surface area contributed by atoms with Crippen molar-refractivity contribution in [2.24, 2.45) is 4.99 Å². The van der Waals surface area contributed by atoms with E-state index in [9.17, 15) is 13.2 Å². The van der Waals surface area contributed by atoms with E-state index in [4.69, 9.17) is 14.7 Å². The van der Waals surface area contributed by atoms with Crippen LogP contribution >= 0.6 is 11.8 Å². The highest BCUT2D eigenvalue weighted by Crippen LogP contribution is 2.47. The highest BCUT2D eigenvalue weighted by Gasteiger charge is 2.50. The first kappa shape index (κ1) is 20.5. The second kappa shape index (κ2) is 7.29. The van der Waals surface area contributed by atoms with Gasteiger partial charge >= 0.3 is 5.97 Å². The van der Waals surface area contributed by atoms with Gasteiger partial charge in [0.25, 0.3) is 0 Å². The minimum Gasteiger partial charge on any atom is -0.484 e. The van der Waals surface area contributed by atoms with Gasteiger partial charge in [-0.2, -0.15) is 5.26 Å². The van der Waals surface area contributed by atoms with Gasteiger partial charge in [-0.1, -0.05) is 11.8 Å². The number of carbonyl (C=O) groups excluding carboxylic acids is 1. The second-order valence-corrected chi connectivity index (χ2v) is 10.3. The third-order valence-corrected chi connectivity index (χ3v) is 6.74. The molecule has 2 aliphatic rings. The number of aliphatic imine (C=N–C) groups is 1. The molecule has 0 saturated carbocycles. The maximum absolute atomic E-state index is 12.1. The molecular weight excluding hydrogens is 402 g/mol. The van der Waals surface area contributed by atoms with E-state index in [1.807, 2.05) is 18.7 Å². The van der Waals surface area contributed by atoms with Crippen molar-refractivity contribution < 1.29 is 22.7 Å². The number of rotatable bonds is 3. The SMILES string of the molecule is CC(=O)OC1C(N2CCS/C2=N\C#N)c2cc(S(C)(=O)=O)ccc2OC1(C)C. The first-order valence-electron chi connectivity index (χ1n) is 8.61. The molecule has 28 heavy (non-hydrogen) atoms. The predicted molar refractivity (Wildman–Crippen MR) is 105 cm³/mol. The minimum absolute atomic E-state index is 0.145. The van der Waals surface area contributed by atoms with Crippen molar-refractivity contribution in [2.45, 2.75) is 43.4 Å². The van der Waals surface area contributed by atoms with Crippen LogP contribution in [-0.4, -0.2) is 54.7 Å². The monoisotopic (exact) mass is 423 g/mol. The fraction of sp³-hybridized carbons (Fsp3) is 0.500. The zero-order chi connectivity index (χ0) is 20.7. The summed E-state index contributed by atoms with van der Waals surface area (Å²) in [6.07, 6.45) is 2.21. The number of ether oxygens (including phenoxy) is 2. The molecule has 150 valence electrons. The third kappa shape index (κ3) is 3.82. The van der Waals surface area contributed by atoms with E-state index in [0.717, 1.165) is 6.26 Å². The summed E-state index contributed by atoms with van der Waals surface area (Å²) in [7, 11) is -3.45. The van der Waals surface area contributed by atoms with E-state index in [2.05, 4.69) is 4.99 Å². The zero-order valence-electron chi connectivity index (χ0n) is 16.0. The number of fused-ring (bicyclic) bond motifs is 1. The van der Waals surface area contributed by atoms with Gasteiger partial charge in [0.1, 0.15) is 17.4 Å². The number of hydrogen-bond donors (Lipinski definition) is 0. The molecule has 0 bridgehead atoms. The van der Waals surface area contributed by atoms with Crippen LogP contribution in [0.5, 0.6) is 5.75 Å². The summed E-state index contributed by atoms with van der Waals surface area (Å²) in [6.45, 7) is 5.52. The molecule has 2 heterocycles. The molecule has 0 N–H and O–H groups in total. The van der Waals surface area contributed by atoms with Crippen LogP contribution in [0.25, 0.3) is 0 Å². The summed E-state index contributed by atoms with van der Waals surface area (Å²) >= 11 is 1.43. The average molecular weight is 424 g/mol. The van der Waals surface area contributed by atoms with Gasteiger partial charge in [-0.25, -0.2) is 8.42 Å². The smallest absolute Gasteiger partial charge is 0.303 e. The van der Waals surface area contributed by atoms with Crippen molar-refractivity contribution in [3.63, 3.8) is 0 Å². The van der Waals surface area contributed by atoms with Crippen LogP contribution in [0.2, 0.25) is 0 Å². The Labute approximate surface area is 168 Å². The molecule has 2 unspecified atom stereocenters. The summed E-state index contributed by atoms with van der Waals surface area (Å²) in [5.74, 6) is 0.755. The molecule has 1 saturated heterocycles. The zero-order valence-corrected chi connectivity index (χ0v) is 17.6. The molecule has 0 aliphatic carbocycles. The molecule has 1 aromatic rings. The van der Waals surface area contributed by atoms with Gasteiger partial charge in [0.15, 0.2) is 21.1 Å². The van der Waals surface area contributed by atoms with E-state index in [1.165, 1.54) is 24.8 Å². The molecule has 10 heteroatoms. The van der Waals surface area contributed by atoms with Crippen LogP contribution in [0, 0.1) is 11.5 Å². The number of thioether (sulfide) groups is 1. The van der Waals surface area contributed by atoms with E-state index < -0.39 is 33.6 Å². The molecule has 2 atom stereocenters. The van der Waals surface area contributed by atoms with Crippen LogP contribution in [0.15, 0.2) is 28.1 Å². The summed E-state index contributed by atoms with van der Waals surface area (Å²) in [5.41, 5.74) is -0.289. The molecule has 1 aromatic carbocycles. The van der Waals surface area contributed by atoms with Crippen molar-refractivity contribution in [2.75, 3.05) is 18.6 Å². The quantitative estimate of drug-likeness (QED) is 0.537. The Bertz CT molecular complexity index is 981. The standard InChI is InChI=1S/C18H21N3O5S2/c1-11(22)25-16-15(21-7-8-27-17(21)20-10-19)13-9-12(28(4,23)24)5-6-14(13)26-18(16,2)3/h5-6,9,15-16H,7-8H2,1-4H3/b20-17-. The van der Waals surface area contributed by atoms with E-state index in [0.29, 0.717) is 28.8 Å². The summed E-state index contributed by atoms with van der Waals surface area (Å²) in [5, 5.41) is 9.55. The van der Waals surface area contributed by atoms with Crippen LogP contribution in [-0.2, 0) is 19.4 Å². The third-order valence-electron chi connectivity index (χ3n) is 4.66. The number of nitrogens with zero attached hydrogens (tertiary/aromatic N) is 3. The average Bonchev–Trinajstić information content (AvgIpc) is 3.02. The largest absolute Gasteiger partial charge is 0.484 e. The Hall–Kier alpha value is -2.25. The predicted octanol–water partition coefficient (Wildman–Crippen LogP) is 2.12. The first-order valence-corrected chi connectivity index (χ1v) is 11.5. The Morgan fingerprint density at radius 2 is 2.18 bits per heavy atom. The molecule has 8 nitrogen and oxygen atoms in total. The number of esters is 1. The fourth-order valence-electron chi connectivity index (χ4n) is 3.49. The normalized spacial score (nSPS) is 25.0. The van der Waals surface area contributed by atoms with Crippen molar-refractivity contribution in [1.29, 1.82) is 5.26 Å². The van der Waals surface area contributed by atoms with Crippen molar-refractivity contribution in [3.8, 4) is 11.9 Å². The van der Waals surface area contributed by atoms with Gasteiger partial charge in [0.2, 0.25) is 6.19 Å². The first-order chi connectivity index (χ1) is 13.0. The Balaban J connectivity index is 2.22. The van der Waals surface area contributed by atoms with E-state index in [-0.39, 0.29) is 4.90 Å². The Kier molecular flexibility index (Phi) is 5.34. The number of sulfone groups is 1. The number of benzene rings is 1. The molecular formula is C18H21N3O5S2. The summed E-state index contributed by atoms with van der Waals surface area (Å²) in [6, 6.07) is 4.13. The number of carbonyl (C=O) groups is 1. The van der Waals surface area contributed by atoms with Gasteiger partial charge in [-0.05, 0) is 32.0 Å². The van der Waals surface area contributed by atoms with Crippen LogP contribution in [0.1, 0.15) is 32.4 Å². The number of amidine groups is 1. The highest BCUT2D eigenvalue weighted by atomic mass is 32.2. The Morgan fingerprint density at radius 1 is 1.46 bits per heavy atom. The van der Waals surface area contributed by atoms with Gasteiger partial charge < -0.3 is 14.4 Å². The lowest BCUT2D eigenvalue weighted by molar-refractivity contribution is -0.166. The van der Waals surface area contributed by atoms with Gasteiger partial charge in [-0.15, -0.1) is 4.99 Å². The van der Waals surface area contributed by atoms with E-state index >= 15 is 0 Å². The van der Waals surface area contributed by atoms with Gasteiger partial charge in [0.05, 0.1) is 4.90 Å². The molecule has 0 amide bonds. The van der Waals surface area contributed by atoms with Crippen molar-refractivity contribution >= 4 is 32.7 Å². The fourth-order valence-corrected chi connectivity index (χ4v) is 5.10. The maximum Gasteiger partial charge on any atom is 0.303 e. The lowest BCUT2D eigenvalue weighted by Crippen LogP contribution is -2.55. The maximum atomic E-state index is 12.1. The molecule has 3 rings (SSSR count). The number of hydrogen-bond acceptors (Lipinski definition) is 8. The lowest BCUT2D eigenvalue weighted by Gasteiger charge is -2.47. The topological polar surface area (TPSA) is 109 Å². The van der Waals surface area contributed by atoms with Crippen molar-refractivity contribution in [3.05, 3.63) is 23.8 Å². The van der Waals surface area contributed by atoms with E-state index in [1.54, 1.807) is 18.3 Å². The number of nitriles is 1. The molecule has 2 aliphatic heterocycles.